The van der Waals surface area contributed by atoms with Crippen LogP contribution in [0.15, 0.2) is 53.5 Å². The van der Waals surface area contributed by atoms with Crippen molar-refractivity contribution in [3.63, 3.8) is 0 Å². The van der Waals surface area contributed by atoms with Crippen LogP contribution >= 0.6 is 0 Å². The summed E-state index contributed by atoms with van der Waals surface area (Å²) >= 11 is 0. The summed E-state index contributed by atoms with van der Waals surface area (Å²) < 4.78 is 5.82. The molecule has 0 saturated heterocycles. The third-order valence-electron chi connectivity index (χ3n) is 2.54. The lowest BCUT2D eigenvalue weighted by Crippen LogP contribution is -1.95. The van der Waals surface area contributed by atoms with Gasteiger partial charge in [-0.1, -0.05) is 24.3 Å². The maximum Gasteiger partial charge on any atom is 0.153 e. The van der Waals surface area contributed by atoms with Crippen LogP contribution < -0.4 is 4.74 Å². The maximum absolute atomic E-state index is 5.82. The molecule has 0 unspecified atom stereocenters. The first kappa shape index (κ1) is 9.16. The second-order valence-electron chi connectivity index (χ2n) is 3.62. The fraction of sp³-hybridized carbons (Fsp3) is 0. The van der Waals surface area contributed by atoms with Crippen LogP contribution in [0.1, 0.15) is 5.56 Å². The Morgan fingerprint density at radius 1 is 0.875 bits per heavy atom. The predicted octanol–water partition coefficient (Wildman–Crippen LogP) is 3.75. The van der Waals surface area contributed by atoms with E-state index in [-0.39, 0.29) is 0 Å². The Morgan fingerprint density at radius 3 is 2.44 bits per heavy atom. The van der Waals surface area contributed by atoms with E-state index in [0.717, 1.165) is 28.5 Å². The van der Waals surface area contributed by atoms with E-state index in [1.165, 1.54) is 0 Å². The van der Waals surface area contributed by atoms with Crippen LogP contribution in [0.2, 0.25) is 0 Å². The highest BCUT2D eigenvalue weighted by atomic mass is 16.5. The third-order valence-corrected chi connectivity index (χ3v) is 2.54. The number of hydrogen-bond donors (Lipinski definition) is 0. The van der Waals surface area contributed by atoms with Crippen molar-refractivity contribution in [2.75, 3.05) is 0 Å². The minimum atomic E-state index is 0.737. The third kappa shape index (κ3) is 1.39. The predicted molar refractivity (Wildman–Crippen MR) is 64.5 cm³/mol. The van der Waals surface area contributed by atoms with Gasteiger partial charge in [-0.25, -0.2) is 4.99 Å². The van der Waals surface area contributed by atoms with E-state index in [1.807, 2.05) is 48.5 Å². The molecule has 0 bridgehead atoms. The van der Waals surface area contributed by atoms with Gasteiger partial charge >= 0.3 is 0 Å². The first-order chi connectivity index (χ1) is 7.84. The average Bonchev–Trinajstić information content (AvgIpc) is 2.45. The van der Waals surface area contributed by atoms with Gasteiger partial charge in [0.05, 0.1) is 5.71 Å². The lowest BCUT2D eigenvalue weighted by Gasteiger charge is -2.07. The molecule has 0 spiro atoms. The molecule has 0 atom stereocenters. The normalized spacial score (nSPS) is 12.9. The van der Waals surface area contributed by atoms with Crippen molar-refractivity contribution in [3.05, 3.63) is 61.0 Å². The second-order valence-corrected chi connectivity index (χ2v) is 3.62. The Hall–Kier alpha value is -2.09. The highest BCUT2D eigenvalue weighted by Crippen LogP contribution is 2.36. The van der Waals surface area contributed by atoms with Crippen LogP contribution in [-0.4, -0.2) is 5.71 Å². The molecule has 0 aliphatic carbocycles. The molecule has 2 heteroatoms. The van der Waals surface area contributed by atoms with Gasteiger partial charge < -0.3 is 4.74 Å². The first-order valence-electron chi connectivity index (χ1n) is 5.11. The van der Waals surface area contributed by atoms with Crippen molar-refractivity contribution in [1.82, 2.24) is 0 Å². The fourth-order valence-electron chi connectivity index (χ4n) is 1.75. The van der Waals surface area contributed by atoms with E-state index in [9.17, 15) is 0 Å². The Labute approximate surface area is 94.2 Å². The van der Waals surface area contributed by atoms with Gasteiger partial charge in [0.25, 0.3) is 0 Å². The van der Waals surface area contributed by atoms with Crippen molar-refractivity contribution in [2.24, 2.45) is 4.99 Å². The van der Waals surface area contributed by atoms with Gasteiger partial charge in [0.2, 0.25) is 0 Å². The van der Waals surface area contributed by atoms with Gasteiger partial charge in [0, 0.05) is 5.56 Å². The molecule has 0 N–H and O–H groups in total. The molecule has 2 aromatic rings. The number of para-hydroxylation sites is 3. The van der Waals surface area contributed by atoms with Crippen LogP contribution in [-0.2, 0) is 0 Å². The summed E-state index contributed by atoms with van der Waals surface area (Å²) in [5.74, 6) is 1.58. The Bertz CT molecular complexity index is 572. The van der Waals surface area contributed by atoms with Gasteiger partial charge in [0.1, 0.15) is 11.4 Å². The highest BCUT2D eigenvalue weighted by molar-refractivity contribution is 6.08. The number of rotatable bonds is 0. The molecule has 16 heavy (non-hydrogen) atoms. The average molecular weight is 208 g/mol. The molecule has 77 valence electrons. The minimum absolute atomic E-state index is 0.737. The SMILES string of the molecule is [CH2]C1=Nc2ccccc2Oc2ccccc21. The molecule has 1 aliphatic rings. The number of ether oxygens (including phenoxy) is 1. The zero-order valence-electron chi connectivity index (χ0n) is 8.68. The number of aliphatic imine (C=N–C) groups is 1. The van der Waals surface area contributed by atoms with Gasteiger partial charge in [-0.3, -0.25) is 0 Å². The summed E-state index contributed by atoms with van der Waals surface area (Å²) in [5, 5.41) is 0. The zero-order valence-corrected chi connectivity index (χ0v) is 8.68. The summed E-state index contributed by atoms with van der Waals surface area (Å²) in [7, 11) is 0. The van der Waals surface area contributed by atoms with Gasteiger partial charge in [-0.05, 0) is 31.2 Å². The molecule has 0 aromatic heterocycles. The van der Waals surface area contributed by atoms with Crippen molar-refractivity contribution in [1.29, 1.82) is 0 Å². The summed E-state index contributed by atoms with van der Waals surface area (Å²) in [5.41, 5.74) is 2.50. The summed E-state index contributed by atoms with van der Waals surface area (Å²) in [6.45, 7) is 3.97. The quantitative estimate of drug-likeness (QED) is 0.646. The number of benzene rings is 2. The van der Waals surface area contributed by atoms with E-state index in [4.69, 9.17) is 4.74 Å². The van der Waals surface area contributed by atoms with Crippen LogP contribution in [0.4, 0.5) is 5.69 Å². The molecular weight excluding hydrogens is 198 g/mol. The molecule has 2 nitrogen and oxygen atoms in total. The molecule has 0 fully saturated rings. The zero-order chi connectivity index (χ0) is 11.0. The maximum atomic E-state index is 5.82. The standard InChI is InChI=1S/C14H10NO/c1-10-11-6-2-4-8-13(11)16-14-9-5-3-7-12(14)15-10/h2-9H,1H2. The van der Waals surface area contributed by atoms with Crippen LogP contribution in [0.5, 0.6) is 11.5 Å². The molecule has 2 aromatic carbocycles. The van der Waals surface area contributed by atoms with Crippen molar-refractivity contribution >= 4 is 11.4 Å². The first-order valence-corrected chi connectivity index (χ1v) is 5.11. The molecular formula is C14H10NO. The summed E-state index contributed by atoms with van der Waals surface area (Å²) in [6, 6.07) is 15.5. The van der Waals surface area contributed by atoms with E-state index in [0.29, 0.717) is 0 Å². The van der Waals surface area contributed by atoms with Crippen LogP contribution in [0.3, 0.4) is 0 Å². The number of nitrogens with zero attached hydrogens (tertiary/aromatic N) is 1. The minimum Gasteiger partial charge on any atom is -0.454 e. The van der Waals surface area contributed by atoms with E-state index >= 15 is 0 Å². The number of hydrogen-bond acceptors (Lipinski definition) is 2. The van der Waals surface area contributed by atoms with Crippen LogP contribution in [0.25, 0.3) is 0 Å². The van der Waals surface area contributed by atoms with Crippen molar-refractivity contribution in [3.8, 4) is 11.5 Å². The van der Waals surface area contributed by atoms with E-state index < -0.39 is 0 Å². The molecule has 0 saturated carbocycles. The summed E-state index contributed by atoms with van der Waals surface area (Å²) in [4.78, 5) is 4.46. The lowest BCUT2D eigenvalue weighted by molar-refractivity contribution is 0.485. The Morgan fingerprint density at radius 2 is 1.56 bits per heavy atom. The highest BCUT2D eigenvalue weighted by Gasteiger charge is 2.13. The van der Waals surface area contributed by atoms with Gasteiger partial charge in [0.15, 0.2) is 5.75 Å². The molecule has 3 rings (SSSR count). The Kier molecular flexibility index (Phi) is 2.00. The smallest absolute Gasteiger partial charge is 0.153 e. The Balaban J connectivity index is 2.25. The molecule has 1 radical (unpaired) electrons. The molecule has 1 heterocycles. The van der Waals surface area contributed by atoms with E-state index in [1.54, 1.807) is 0 Å². The van der Waals surface area contributed by atoms with Gasteiger partial charge in [-0.15, -0.1) is 0 Å². The van der Waals surface area contributed by atoms with Crippen LogP contribution in [0, 0.1) is 6.92 Å². The fourth-order valence-corrected chi connectivity index (χ4v) is 1.75. The topological polar surface area (TPSA) is 21.6 Å². The lowest BCUT2D eigenvalue weighted by atomic mass is 10.1. The summed E-state index contributed by atoms with van der Waals surface area (Å²) in [6.07, 6.45) is 0. The molecule has 0 amide bonds. The number of fused-ring (bicyclic) bond motifs is 2. The monoisotopic (exact) mass is 208 g/mol. The van der Waals surface area contributed by atoms with Crippen molar-refractivity contribution in [2.45, 2.75) is 0 Å². The second kappa shape index (κ2) is 3.49. The van der Waals surface area contributed by atoms with E-state index in [2.05, 4.69) is 11.9 Å². The molecule has 1 aliphatic heterocycles. The van der Waals surface area contributed by atoms with Crippen molar-refractivity contribution < 1.29 is 4.74 Å². The largest absolute Gasteiger partial charge is 0.454 e. The van der Waals surface area contributed by atoms with Gasteiger partial charge in [-0.2, -0.15) is 0 Å².